The Morgan fingerprint density at radius 1 is 1.25 bits per heavy atom. The maximum absolute atomic E-state index is 12.3. The van der Waals surface area contributed by atoms with E-state index in [1.807, 2.05) is 36.7 Å². The zero-order valence-electron chi connectivity index (χ0n) is 16.2. The Balaban J connectivity index is 1.56. The van der Waals surface area contributed by atoms with E-state index in [1.165, 1.54) is 6.08 Å². The topological polar surface area (TPSA) is 69.0 Å². The van der Waals surface area contributed by atoms with Gasteiger partial charge >= 0.3 is 0 Å². The van der Waals surface area contributed by atoms with Crippen LogP contribution in [-0.2, 0) is 9.53 Å². The first-order valence-electron chi connectivity index (χ1n) is 9.63. The average Bonchev–Trinajstić information content (AvgIpc) is 3.05. The summed E-state index contributed by atoms with van der Waals surface area (Å²) in [5, 5.41) is 8.67. The number of amides is 1. The van der Waals surface area contributed by atoms with Gasteiger partial charge in [0.1, 0.15) is 0 Å². The zero-order chi connectivity index (χ0) is 19.5. The molecule has 0 bridgehead atoms. The highest BCUT2D eigenvalue weighted by molar-refractivity contribution is 6.02. The van der Waals surface area contributed by atoms with Gasteiger partial charge in [-0.2, -0.15) is 5.10 Å². The molecule has 0 spiro atoms. The molecule has 1 unspecified atom stereocenters. The fourth-order valence-corrected chi connectivity index (χ4v) is 3.52. The second kappa shape index (κ2) is 7.94. The normalized spacial score (nSPS) is 17.3. The van der Waals surface area contributed by atoms with Crippen molar-refractivity contribution in [2.45, 2.75) is 39.3 Å². The summed E-state index contributed by atoms with van der Waals surface area (Å²) < 4.78 is 7.90. The van der Waals surface area contributed by atoms with E-state index in [2.05, 4.69) is 22.4 Å². The fraction of sp³-hybridized carbons (Fsp3) is 0.318. The van der Waals surface area contributed by atoms with E-state index >= 15 is 0 Å². The monoisotopic (exact) mass is 376 g/mol. The molecule has 1 aromatic carbocycles. The Bertz CT molecular complexity index is 1030. The first-order valence-corrected chi connectivity index (χ1v) is 9.63. The average molecular weight is 376 g/mol. The van der Waals surface area contributed by atoms with Crippen LogP contribution < -0.4 is 5.32 Å². The van der Waals surface area contributed by atoms with Crippen LogP contribution in [-0.4, -0.2) is 27.3 Å². The minimum Gasteiger partial charge on any atom is -0.356 e. The van der Waals surface area contributed by atoms with Crippen LogP contribution in [0.2, 0.25) is 0 Å². The van der Waals surface area contributed by atoms with Crippen molar-refractivity contribution in [2.75, 3.05) is 11.9 Å². The lowest BCUT2D eigenvalue weighted by molar-refractivity contribution is -0.111. The minimum absolute atomic E-state index is 0.0129. The Hall–Kier alpha value is -2.99. The minimum atomic E-state index is -0.184. The molecule has 1 fully saturated rings. The number of benzene rings is 1. The van der Waals surface area contributed by atoms with Crippen molar-refractivity contribution in [1.29, 1.82) is 0 Å². The molecule has 1 aliphatic rings. The number of nitrogens with one attached hydrogen (secondary N) is 1. The van der Waals surface area contributed by atoms with Gasteiger partial charge in [-0.3, -0.25) is 9.78 Å². The summed E-state index contributed by atoms with van der Waals surface area (Å²) in [5.74, 6) is -0.184. The van der Waals surface area contributed by atoms with E-state index in [0.717, 1.165) is 59.4 Å². The van der Waals surface area contributed by atoms with Crippen LogP contribution in [0, 0.1) is 13.8 Å². The number of pyridine rings is 1. The summed E-state index contributed by atoms with van der Waals surface area (Å²) in [7, 11) is 0. The summed E-state index contributed by atoms with van der Waals surface area (Å²) >= 11 is 0. The molecule has 144 valence electrons. The van der Waals surface area contributed by atoms with Gasteiger partial charge in [-0.05, 0) is 62.9 Å². The predicted molar refractivity (Wildman–Crippen MR) is 110 cm³/mol. The van der Waals surface area contributed by atoms with Crippen molar-refractivity contribution >= 4 is 28.6 Å². The summed E-state index contributed by atoms with van der Waals surface area (Å²) in [6, 6.07) is 9.76. The molecule has 1 aliphatic heterocycles. The number of fused-ring (bicyclic) bond motifs is 1. The van der Waals surface area contributed by atoms with Crippen molar-refractivity contribution in [1.82, 2.24) is 14.8 Å². The van der Waals surface area contributed by atoms with E-state index in [0.29, 0.717) is 0 Å². The molecule has 3 aromatic rings. The molecule has 0 saturated carbocycles. The van der Waals surface area contributed by atoms with Gasteiger partial charge in [-0.1, -0.05) is 12.1 Å². The van der Waals surface area contributed by atoms with Crippen LogP contribution in [0.1, 0.15) is 42.4 Å². The van der Waals surface area contributed by atoms with Gasteiger partial charge < -0.3 is 10.1 Å². The van der Waals surface area contributed by atoms with Crippen LogP contribution in [0.3, 0.4) is 0 Å². The SMILES string of the molecule is Cc1ncccc1NC(=O)/C=C/c1ccc2c(C)nn(C3CCCCO3)c2c1. The van der Waals surface area contributed by atoms with Gasteiger partial charge in [-0.15, -0.1) is 0 Å². The van der Waals surface area contributed by atoms with Crippen LogP contribution >= 0.6 is 0 Å². The second-order valence-corrected chi connectivity index (χ2v) is 7.09. The Kier molecular flexibility index (Phi) is 5.21. The Morgan fingerprint density at radius 2 is 2.14 bits per heavy atom. The lowest BCUT2D eigenvalue weighted by Gasteiger charge is -2.23. The molecule has 1 saturated heterocycles. The highest BCUT2D eigenvalue weighted by atomic mass is 16.5. The van der Waals surface area contributed by atoms with Crippen molar-refractivity contribution in [3.05, 3.63) is 59.6 Å². The highest BCUT2D eigenvalue weighted by Crippen LogP contribution is 2.28. The van der Waals surface area contributed by atoms with Crippen molar-refractivity contribution in [3.8, 4) is 0 Å². The van der Waals surface area contributed by atoms with Crippen LogP contribution in [0.15, 0.2) is 42.6 Å². The van der Waals surface area contributed by atoms with Gasteiger partial charge in [0.25, 0.3) is 0 Å². The van der Waals surface area contributed by atoms with Crippen molar-refractivity contribution < 1.29 is 9.53 Å². The molecule has 28 heavy (non-hydrogen) atoms. The predicted octanol–water partition coefficient (Wildman–Crippen LogP) is 4.40. The molecule has 1 N–H and O–H groups in total. The first kappa shape index (κ1) is 18.4. The first-order chi connectivity index (χ1) is 13.6. The number of carbonyl (C=O) groups excluding carboxylic acids is 1. The Labute approximate surface area is 164 Å². The molecule has 2 aromatic heterocycles. The van der Waals surface area contributed by atoms with E-state index in [4.69, 9.17) is 9.84 Å². The lowest BCUT2D eigenvalue weighted by Crippen LogP contribution is -2.19. The number of nitrogens with zero attached hydrogens (tertiary/aromatic N) is 3. The number of aromatic nitrogens is 3. The number of anilines is 1. The molecule has 0 aliphatic carbocycles. The largest absolute Gasteiger partial charge is 0.356 e. The summed E-state index contributed by atoms with van der Waals surface area (Å²) in [5.41, 5.74) is 4.48. The van der Waals surface area contributed by atoms with Gasteiger partial charge in [0.15, 0.2) is 6.23 Å². The second-order valence-electron chi connectivity index (χ2n) is 7.09. The number of rotatable bonds is 4. The summed E-state index contributed by atoms with van der Waals surface area (Å²) in [6.45, 7) is 4.66. The maximum Gasteiger partial charge on any atom is 0.248 e. The molecule has 3 heterocycles. The summed E-state index contributed by atoms with van der Waals surface area (Å²) in [4.78, 5) is 16.4. The molecular formula is C22H24N4O2. The van der Waals surface area contributed by atoms with Crippen LogP contribution in [0.25, 0.3) is 17.0 Å². The number of ether oxygens (including phenoxy) is 1. The molecule has 4 rings (SSSR count). The van der Waals surface area contributed by atoms with Gasteiger partial charge in [0, 0.05) is 24.3 Å². The number of aryl methyl sites for hydroxylation is 2. The maximum atomic E-state index is 12.3. The van der Waals surface area contributed by atoms with Crippen LogP contribution in [0.4, 0.5) is 5.69 Å². The molecule has 0 radical (unpaired) electrons. The molecule has 1 amide bonds. The Morgan fingerprint density at radius 3 is 2.93 bits per heavy atom. The molecule has 6 heteroatoms. The van der Waals surface area contributed by atoms with Crippen LogP contribution in [0.5, 0.6) is 0 Å². The quantitative estimate of drug-likeness (QED) is 0.685. The van der Waals surface area contributed by atoms with E-state index < -0.39 is 0 Å². The number of carbonyl (C=O) groups is 1. The van der Waals surface area contributed by atoms with E-state index in [9.17, 15) is 4.79 Å². The lowest BCUT2D eigenvalue weighted by atomic mass is 10.1. The smallest absolute Gasteiger partial charge is 0.248 e. The fourth-order valence-electron chi connectivity index (χ4n) is 3.52. The highest BCUT2D eigenvalue weighted by Gasteiger charge is 2.19. The van der Waals surface area contributed by atoms with Gasteiger partial charge in [0.05, 0.1) is 22.6 Å². The summed E-state index contributed by atoms with van der Waals surface area (Å²) in [6.07, 6.45) is 8.28. The standard InChI is InChI=1S/C22H24N4O2/c1-15-18-10-8-17(9-11-21(27)24-19-6-5-12-23-16(19)2)14-20(18)26(25-15)22-7-3-4-13-28-22/h5-6,8-12,14,22H,3-4,7,13H2,1-2H3,(H,24,27)/b11-9+. The van der Waals surface area contributed by atoms with E-state index in [1.54, 1.807) is 12.3 Å². The zero-order valence-corrected chi connectivity index (χ0v) is 16.2. The van der Waals surface area contributed by atoms with Crippen molar-refractivity contribution in [2.24, 2.45) is 0 Å². The van der Waals surface area contributed by atoms with Gasteiger partial charge in [-0.25, -0.2) is 4.68 Å². The van der Waals surface area contributed by atoms with E-state index in [-0.39, 0.29) is 12.1 Å². The number of hydrogen-bond acceptors (Lipinski definition) is 4. The third kappa shape index (κ3) is 3.82. The number of hydrogen-bond donors (Lipinski definition) is 1. The molecular weight excluding hydrogens is 352 g/mol. The van der Waals surface area contributed by atoms with Gasteiger partial charge in [0.2, 0.25) is 5.91 Å². The molecule has 6 nitrogen and oxygen atoms in total. The molecule has 1 atom stereocenters. The third-order valence-electron chi connectivity index (χ3n) is 5.04. The van der Waals surface area contributed by atoms with Crippen molar-refractivity contribution in [3.63, 3.8) is 0 Å². The third-order valence-corrected chi connectivity index (χ3v) is 5.04.